The summed E-state index contributed by atoms with van der Waals surface area (Å²) in [5.74, 6) is 0.811. The summed E-state index contributed by atoms with van der Waals surface area (Å²) in [5.41, 5.74) is 0.870. The standard InChI is InChI=1S/C23H29N3O6/c1-23(2,3)31-12-11-30-20-10-5-16(13-24-20)21(27)25-14-19-15-26(22(28)32-19)17-6-8-18(29-4)9-7-17/h5-10,13,19H,11-12,14-15H2,1-4H3,(H,25,27). The minimum Gasteiger partial charge on any atom is -0.497 e. The van der Waals surface area contributed by atoms with Crippen molar-refractivity contribution in [2.45, 2.75) is 32.5 Å². The normalized spacial score (nSPS) is 15.9. The van der Waals surface area contributed by atoms with Crippen molar-refractivity contribution in [1.82, 2.24) is 10.3 Å². The number of hydrogen-bond acceptors (Lipinski definition) is 7. The summed E-state index contributed by atoms with van der Waals surface area (Å²) in [7, 11) is 1.58. The van der Waals surface area contributed by atoms with Gasteiger partial charge in [0.15, 0.2) is 0 Å². The molecule has 9 nitrogen and oxygen atoms in total. The largest absolute Gasteiger partial charge is 0.497 e. The van der Waals surface area contributed by atoms with E-state index in [4.69, 9.17) is 18.9 Å². The minimum absolute atomic E-state index is 0.194. The van der Waals surface area contributed by atoms with Crippen LogP contribution in [0, 0.1) is 0 Å². The highest BCUT2D eigenvalue weighted by Crippen LogP contribution is 2.24. The molecule has 1 fully saturated rings. The van der Waals surface area contributed by atoms with E-state index < -0.39 is 12.2 Å². The van der Waals surface area contributed by atoms with Crippen LogP contribution in [0.4, 0.5) is 10.5 Å². The van der Waals surface area contributed by atoms with Gasteiger partial charge in [0.1, 0.15) is 18.5 Å². The smallest absolute Gasteiger partial charge is 0.414 e. The van der Waals surface area contributed by atoms with Crippen LogP contribution in [0.2, 0.25) is 0 Å². The quantitative estimate of drug-likeness (QED) is 0.595. The first-order chi connectivity index (χ1) is 15.2. The number of nitrogens with zero attached hydrogens (tertiary/aromatic N) is 2. The van der Waals surface area contributed by atoms with Crippen LogP contribution in [0.3, 0.4) is 0 Å². The maximum absolute atomic E-state index is 12.4. The predicted octanol–water partition coefficient (Wildman–Crippen LogP) is 3.04. The number of rotatable bonds is 9. The molecule has 3 rings (SSSR count). The third-order valence-corrected chi connectivity index (χ3v) is 4.62. The first kappa shape index (κ1) is 23.3. The van der Waals surface area contributed by atoms with E-state index in [9.17, 15) is 9.59 Å². The number of nitrogens with one attached hydrogen (secondary N) is 1. The third kappa shape index (κ3) is 6.58. The topological polar surface area (TPSA) is 99.2 Å². The second-order valence-electron chi connectivity index (χ2n) is 8.22. The van der Waals surface area contributed by atoms with Gasteiger partial charge in [-0.3, -0.25) is 9.69 Å². The van der Waals surface area contributed by atoms with Gasteiger partial charge in [-0.1, -0.05) is 0 Å². The maximum Gasteiger partial charge on any atom is 0.414 e. The highest BCUT2D eigenvalue weighted by Gasteiger charge is 2.32. The fourth-order valence-electron chi connectivity index (χ4n) is 3.00. The molecule has 9 heteroatoms. The van der Waals surface area contributed by atoms with Crippen molar-refractivity contribution in [2.75, 3.05) is 38.3 Å². The monoisotopic (exact) mass is 443 g/mol. The summed E-state index contributed by atoms with van der Waals surface area (Å²) in [4.78, 5) is 30.3. The van der Waals surface area contributed by atoms with E-state index in [1.165, 1.54) is 11.1 Å². The van der Waals surface area contributed by atoms with E-state index in [2.05, 4.69) is 10.3 Å². The average Bonchev–Trinajstić information content (AvgIpc) is 3.15. The zero-order valence-corrected chi connectivity index (χ0v) is 18.8. The van der Waals surface area contributed by atoms with Gasteiger partial charge in [-0.05, 0) is 51.1 Å². The van der Waals surface area contributed by atoms with Gasteiger partial charge in [0, 0.05) is 18.0 Å². The first-order valence-electron chi connectivity index (χ1n) is 10.4. The number of carbonyl (C=O) groups is 2. The molecule has 2 heterocycles. The second kappa shape index (κ2) is 10.3. The fourth-order valence-corrected chi connectivity index (χ4v) is 3.00. The van der Waals surface area contributed by atoms with Crippen molar-refractivity contribution in [2.24, 2.45) is 0 Å². The highest BCUT2D eigenvalue weighted by molar-refractivity contribution is 5.94. The molecule has 0 radical (unpaired) electrons. The number of methoxy groups -OCH3 is 1. The predicted molar refractivity (Wildman–Crippen MR) is 118 cm³/mol. The Morgan fingerprint density at radius 2 is 1.94 bits per heavy atom. The molecule has 1 unspecified atom stereocenters. The van der Waals surface area contributed by atoms with Crippen LogP contribution in [-0.2, 0) is 9.47 Å². The Labute approximate surface area is 187 Å². The molecule has 1 aromatic carbocycles. The zero-order valence-electron chi connectivity index (χ0n) is 18.8. The molecular formula is C23H29N3O6. The van der Waals surface area contributed by atoms with Gasteiger partial charge in [0.05, 0.1) is 38.0 Å². The molecule has 1 saturated heterocycles. The van der Waals surface area contributed by atoms with Crippen molar-refractivity contribution in [3.05, 3.63) is 48.2 Å². The Bertz CT molecular complexity index is 909. The summed E-state index contributed by atoms with van der Waals surface area (Å²) in [6.45, 7) is 7.27. The highest BCUT2D eigenvalue weighted by atomic mass is 16.6. The number of benzene rings is 1. The van der Waals surface area contributed by atoms with Crippen LogP contribution >= 0.6 is 0 Å². The van der Waals surface area contributed by atoms with Crippen molar-refractivity contribution in [3.63, 3.8) is 0 Å². The third-order valence-electron chi connectivity index (χ3n) is 4.62. The number of ether oxygens (including phenoxy) is 4. The lowest BCUT2D eigenvalue weighted by Gasteiger charge is -2.19. The summed E-state index contributed by atoms with van der Waals surface area (Å²) >= 11 is 0. The van der Waals surface area contributed by atoms with Crippen LogP contribution in [0.15, 0.2) is 42.6 Å². The Hall–Kier alpha value is -3.33. The maximum atomic E-state index is 12.4. The van der Waals surface area contributed by atoms with E-state index in [1.54, 1.807) is 43.5 Å². The second-order valence-corrected chi connectivity index (χ2v) is 8.22. The number of aromatic nitrogens is 1. The number of pyridine rings is 1. The summed E-state index contributed by atoms with van der Waals surface area (Å²) in [5, 5.41) is 2.78. The Kier molecular flexibility index (Phi) is 7.53. The molecule has 2 aromatic rings. The van der Waals surface area contributed by atoms with Gasteiger partial charge in [0.2, 0.25) is 5.88 Å². The molecule has 1 aliphatic heterocycles. The molecular weight excluding hydrogens is 414 g/mol. The van der Waals surface area contributed by atoms with E-state index in [1.807, 2.05) is 20.8 Å². The molecule has 0 saturated carbocycles. The van der Waals surface area contributed by atoms with Crippen LogP contribution in [0.1, 0.15) is 31.1 Å². The number of amides is 2. The molecule has 1 aliphatic rings. The lowest BCUT2D eigenvalue weighted by atomic mass is 10.2. The van der Waals surface area contributed by atoms with Crippen molar-refractivity contribution >= 4 is 17.7 Å². The summed E-state index contributed by atoms with van der Waals surface area (Å²) in [6, 6.07) is 10.4. The Morgan fingerprint density at radius 3 is 2.56 bits per heavy atom. The van der Waals surface area contributed by atoms with E-state index in [0.29, 0.717) is 42.6 Å². The van der Waals surface area contributed by atoms with Crippen molar-refractivity contribution in [3.8, 4) is 11.6 Å². The molecule has 1 N–H and O–H groups in total. The minimum atomic E-state index is -0.452. The van der Waals surface area contributed by atoms with Crippen LogP contribution < -0.4 is 19.7 Å². The van der Waals surface area contributed by atoms with E-state index >= 15 is 0 Å². The van der Waals surface area contributed by atoms with Gasteiger partial charge in [-0.2, -0.15) is 0 Å². The molecule has 0 bridgehead atoms. The van der Waals surface area contributed by atoms with Gasteiger partial charge in [-0.15, -0.1) is 0 Å². The van der Waals surface area contributed by atoms with E-state index in [0.717, 1.165) is 0 Å². The lowest BCUT2D eigenvalue weighted by Crippen LogP contribution is -2.34. The molecule has 0 aliphatic carbocycles. The molecule has 32 heavy (non-hydrogen) atoms. The molecule has 0 spiro atoms. The summed E-state index contributed by atoms with van der Waals surface area (Å²) < 4.78 is 21.6. The van der Waals surface area contributed by atoms with Crippen LogP contribution in [0.25, 0.3) is 0 Å². The number of anilines is 1. The number of cyclic esters (lactones) is 1. The lowest BCUT2D eigenvalue weighted by molar-refractivity contribution is -0.0168. The average molecular weight is 444 g/mol. The first-order valence-corrected chi connectivity index (χ1v) is 10.4. The van der Waals surface area contributed by atoms with Crippen LogP contribution in [0.5, 0.6) is 11.6 Å². The Morgan fingerprint density at radius 1 is 1.19 bits per heavy atom. The summed E-state index contributed by atoms with van der Waals surface area (Å²) in [6.07, 6.45) is 0.541. The molecule has 172 valence electrons. The SMILES string of the molecule is COc1ccc(N2CC(CNC(=O)c3ccc(OCCOC(C)(C)C)nc3)OC2=O)cc1. The molecule has 2 amide bonds. The van der Waals surface area contributed by atoms with Crippen molar-refractivity contribution < 1.29 is 28.5 Å². The Balaban J connectivity index is 1.44. The zero-order chi connectivity index (χ0) is 23.1. The van der Waals surface area contributed by atoms with Gasteiger partial charge in [0.25, 0.3) is 5.91 Å². The number of carbonyl (C=O) groups excluding carboxylic acids is 2. The number of hydrogen-bond donors (Lipinski definition) is 1. The van der Waals surface area contributed by atoms with E-state index in [-0.39, 0.29) is 18.1 Å². The van der Waals surface area contributed by atoms with Crippen LogP contribution in [-0.4, -0.2) is 62.1 Å². The molecule has 1 atom stereocenters. The molecule has 1 aromatic heterocycles. The fraction of sp³-hybridized carbons (Fsp3) is 0.435. The van der Waals surface area contributed by atoms with Gasteiger partial charge in [-0.25, -0.2) is 9.78 Å². The van der Waals surface area contributed by atoms with Crippen molar-refractivity contribution in [1.29, 1.82) is 0 Å². The van der Waals surface area contributed by atoms with Gasteiger partial charge < -0.3 is 24.3 Å². The van der Waals surface area contributed by atoms with Gasteiger partial charge >= 0.3 is 6.09 Å².